The van der Waals surface area contributed by atoms with Crippen LogP contribution in [0.3, 0.4) is 0 Å². The van der Waals surface area contributed by atoms with Crippen molar-refractivity contribution in [3.8, 4) is 0 Å². The topological polar surface area (TPSA) is 44.4 Å². The minimum atomic E-state index is -0.168. The van der Waals surface area contributed by atoms with Crippen molar-refractivity contribution in [2.45, 2.75) is 66.5 Å². The van der Waals surface area contributed by atoms with E-state index < -0.39 is 0 Å². The summed E-state index contributed by atoms with van der Waals surface area (Å²) in [6, 6.07) is 8.57. The fraction of sp³-hybridized carbons (Fsp3) is 0.560. The number of hydrogen-bond donors (Lipinski definition) is 2. The number of carbonyl (C=O) groups is 1. The molecule has 4 rings (SSSR count). The number of fused-ring (bicyclic) bond motifs is 3. The molecular weight excluding hydrogens is 390 g/mol. The summed E-state index contributed by atoms with van der Waals surface area (Å²) in [5.41, 5.74) is 4.87. The number of hydrogen-bond acceptors (Lipinski definition) is 4. The van der Waals surface area contributed by atoms with Crippen molar-refractivity contribution in [3.63, 3.8) is 0 Å². The number of nitrogens with one attached hydrogen (secondary N) is 2. The van der Waals surface area contributed by atoms with Gasteiger partial charge in [-0.1, -0.05) is 39.3 Å². The monoisotopic (exact) mass is 425 g/mol. The number of anilines is 2. The Labute approximate surface area is 185 Å². The van der Waals surface area contributed by atoms with E-state index in [-0.39, 0.29) is 12.1 Å². The third kappa shape index (κ3) is 3.73. The fourth-order valence-corrected chi connectivity index (χ4v) is 6.24. The van der Waals surface area contributed by atoms with Gasteiger partial charge in [0, 0.05) is 23.7 Å². The third-order valence-corrected chi connectivity index (χ3v) is 8.60. The smallest absolute Gasteiger partial charge is 0.256 e. The molecule has 1 aromatic heterocycles. The first-order valence-corrected chi connectivity index (χ1v) is 12.3. The molecule has 1 aliphatic heterocycles. The van der Waals surface area contributed by atoms with Gasteiger partial charge in [-0.15, -0.1) is 11.3 Å². The summed E-state index contributed by atoms with van der Waals surface area (Å²) in [6.45, 7) is 13.4. The number of carbonyl (C=O) groups excluding carboxylic acids is 1. The lowest BCUT2D eigenvalue weighted by molar-refractivity contribution is 0.0934. The minimum Gasteiger partial charge on any atom is -0.372 e. The number of amides is 1. The van der Waals surface area contributed by atoms with Gasteiger partial charge in [0.25, 0.3) is 5.91 Å². The molecule has 2 unspecified atom stereocenters. The largest absolute Gasteiger partial charge is 0.372 e. The second-order valence-electron chi connectivity index (χ2n) is 9.30. The van der Waals surface area contributed by atoms with E-state index >= 15 is 0 Å². The summed E-state index contributed by atoms with van der Waals surface area (Å²) in [5.74, 6) is 0.772. The van der Waals surface area contributed by atoms with Crippen LogP contribution in [-0.4, -0.2) is 19.0 Å². The molecule has 2 N–H and O–H groups in total. The van der Waals surface area contributed by atoms with Gasteiger partial charge >= 0.3 is 0 Å². The average molecular weight is 426 g/mol. The van der Waals surface area contributed by atoms with Gasteiger partial charge in [0.1, 0.15) is 11.2 Å². The summed E-state index contributed by atoms with van der Waals surface area (Å²) < 4.78 is 0. The molecule has 0 saturated heterocycles. The molecule has 2 aliphatic rings. The van der Waals surface area contributed by atoms with Crippen molar-refractivity contribution in [3.05, 3.63) is 45.8 Å². The highest BCUT2D eigenvalue weighted by Crippen LogP contribution is 2.47. The highest BCUT2D eigenvalue weighted by atomic mass is 32.1. The van der Waals surface area contributed by atoms with Crippen molar-refractivity contribution in [1.29, 1.82) is 0 Å². The Morgan fingerprint density at radius 2 is 1.80 bits per heavy atom. The first kappa shape index (κ1) is 21.2. The molecule has 30 heavy (non-hydrogen) atoms. The van der Waals surface area contributed by atoms with Crippen LogP contribution in [-0.2, 0) is 12.8 Å². The molecule has 5 heteroatoms. The molecule has 1 amide bonds. The van der Waals surface area contributed by atoms with E-state index in [1.54, 1.807) is 11.3 Å². The van der Waals surface area contributed by atoms with Crippen LogP contribution in [0.2, 0.25) is 0 Å². The summed E-state index contributed by atoms with van der Waals surface area (Å²) >= 11 is 1.81. The van der Waals surface area contributed by atoms with Crippen LogP contribution in [0.15, 0.2) is 24.3 Å². The maximum absolute atomic E-state index is 13.1. The number of nitrogens with zero attached hydrogens (tertiary/aromatic N) is 1. The van der Waals surface area contributed by atoms with Crippen LogP contribution in [0.25, 0.3) is 0 Å². The van der Waals surface area contributed by atoms with Crippen LogP contribution in [0.5, 0.6) is 0 Å². The van der Waals surface area contributed by atoms with E-state index in [4.69, 9.17) is 0 Å². The first-order valence-electron chi connectivity index (χ1n) is 11.4. The normalized spacial score (nSPS) is 20.8. The quantitative estimate of drug-likeness (QED) is 0.597. The van der Waals surface area contributed by atoms with Crippen molar-refractivity contribution in [2.75, 3.05) is 23.3 Å². The predicted octanol–water partition coefficient (Wildman–Crippen LogP) is 5.99. The molecule has 1 aliphatic carbocycles. The Balaban J connectivity index is 1.56. The SMILES string of the molecule is CCN(CC)c1ccc(C2NC(=O)c3c(sc4c3CCC(C(C)(C)CC)C4)N2)cc1. The van der Waals surface area contributed by atoms with Crippen molar-refractivity contribution < 1.29 is 4.79 Å². The van der Waals surface area contributed by atoms with Gasteiger partial charge in [-0.2, -0.15) is 0 Å². The molecule has 2 atom stereocenters. The standard InChI is InChI=1S/C25H35N3OS/c1-6-25(4,5)17-11-14-19-20(15-17)30-24-21(19)23(29)26-22(27-24)16-9-12-18(13-10-16)28(7-2)8-3/h9-10,12-13,17,22,27H,6-8,11,14-15H2,1-5H3,(H,26,29). The number of rotatable bonds is 6. The summed E-state index contributed by atoms with van der Waals surface area (Å²) in [5, 5.41) is 7.87. The highest BCUT2D eigenvalue weighted by molar-refractivity contribution is 7.16. The second kappa shape index (κ2) is 8.26. The molecule has 0 saturated carbocycles. The van der Waals surface area contributed by atoms with E-state index in [0.717, 1.165) is 42.1 Å². The minimum absolute atomic E-state index is 0.0762. The Morgan fingerprint density at radius 3 is 2.43 bits per heavy atom. The molecule has 4 nitrogen and oxygen atoms in total. The van der Waals surface area contributed by atoms with Crippen LogP contribution in [0, 0.1) is 11.3 Å². The Kier molecular flexibility index (Phi) is 5.84. The maximum Gasteiger partial charge on any atom is 0.256 e. The molecule has 2 aromatic rings. The molecule has 162 valence electrons. The van der Waals surface area contributed by atoms with Crippen LogP contribution in [0.1, 0.15) is 80.0 Å². The average Bonchev–Trinajstić information content (AvgIpc) is 3.13. The molecule has 0 fully saturated rings. The summed E-state index contributed by atoms with van der Waals surface area (Å²) in [6.07, 6.45) is 4.33. The predicted molar refractivity (Wildman–Crippen MR) is 128 cm³/mol. The molecule has 0 radical (unpaired) electrons. The first-order chi connectivity index (χ1) is 14.4. The lowest BCUT2D eigenvalue weighted by Crippen LogP contribution is -2.38. The van der Waals surface area contributed by atoms with E-state index in [9.17, 15) is 4.79 Å². The van der Waals surface area contributed by atoms with Crippen LogP contribution >= 0.6 is 11.3 Å². The van der Waals surface area contributed by atoms with Crippen molar-refractivity contribution in [1.82, 2.24) is 5.32 Å². The molecule has 2 heterocycles. The number of thiophene rings is 1. The fourth-order valence-electron chi connectivity index (χ4n) is 4.89. The third-order valence-electron chi connectivity index (χ3n) is 7.41. The van der Waals surface area contributed by atoms with E-state index in [0.29, 0.717) is 11.3 Å². The van der Waals surface area contributed by atoms with E-state index in [2.05, 4.69) is 74.4 Å². The van der Waals surface area contributed by atoms with Gasteiger partial charge in [0.15, 0.2) is 0 Å². The van der Waals surface area contributed by atoms with Gasteiger partial charge in [-0.3, -0.25) is 4.79 Å². The maximum atomic E-state index is 13.1. The molecule has 1 aromatic carbocycles. The summed E-state index contributed by atoms with van der Waals surface area (Å²) in [4.78, 5) is 16.8. The Morgan fingerprint density at radius 1 is 1.10 bits per heavy atom. The molecule has 0 bridgehead atoms. The molecule has 0 spiro atoms. The second-order valence-corrected chi connectivity index (χ2v) is 10.4. The van der Waals surface area contributed by atoms with Crippen LogP contribution < -0.4 is 15.5 Å². The lowest BCUT2D eigenvalue weighted by atomic mass is 9.69. The highest BCUT2D eigenvalue weighted by Gasteiger charge is 2.37. The van der Waals surface area contributed by atoms with E-state index in [1.807, 2.05) is 0 Å². The van der Waals surface area contributed by atoms with Gasteiger partial charge in [-0.05, 0) is 67.7 Å². The number of benzene rings is 1. The summed E-state index contributed by atoms with van der Waals surface area (Å²) in [7, 11) is 0. The van der Waals surface area contributed by atoms with Gasteiger partial charge in [0.2, 0.25) is 0 Å². The molecular formula is C25H35N3OS. The van der Waals surface area contributed by atoms with Gasteiger partial charge in [-0.25, -0.2) is 0 Å². The van der Waals surface area contributed by atoms with Gasteiger partial charge in [0.05, 0.1) is 5.56 Å². The Bertz CT molecular complexity index is 911. The zero-order valence-electron chi connectivity index (χ0n) is 19.0. The van der Waals surface area contributed by atoms with Crippen LogP contribution in [0.4, 0.5) is 10.7 Å². The van der Waals surface area contributed by atoms with E-state index in [1.165, 1.54) is 29.0 Å². The Hall–Kier alpha value is -2.01. The van der Waals surface area contributed by atoms with Crippen molar-refractivity contribution in [2.24, 2.45) is 11.3 Å². The zero-order valence-corrected chi connectivity index (χ0v) is 19.8. The zero-order chi connectivity index (χ0) is 21.5. The lowest BCUT2D eigenvalue weighted by Gasteiger charge is -2.36. The van der Waals surface area contributed by atoms with Crippen molar-refractivity contribution >= 4 is 27.9 Å². The van der Waals surface area contributed by atoms with Gasteiger partial charge < -0.3 is 15.5 Å².